The summed E-state index contributed by atoms with van der Waals surface area (Å²) in [6.45, 7) is 6.47. The van der Waals surface area contributed by atoms with Crippen LogP contribution in [0.15, 0.2) is 24.3 Å². The van der Waals surface area contributed by atoms with Crippen LogP contribution in [0.25, 0.3) is 0 Å². The Balaban J connectivity index is 3.12. The molecule has 1 rings (SSSR count). The fourth-order valence-electron chi connectivity index (χ4n) is 2.35. The number of ether oxygens (including phenoxy) is 1. The lowest BCUT2D eigenvalue weighted by Gasteiger charge is -2.36. The topological polar surface area (TPSA) is 38.5 Å². The second kappa shape index (κ2) is 6.76. The van der Waals surface area contributed by atoms with Crippen LogP contribution in [0.2, 0.25) is 0 Å². The molecule has 3 unspecified atom stereocenters. The maximum absolute atomic E-state index is 6.19. The molecule has 0 fully saturated rings. The fraction of sp³-hybridized carbons (Fsp3) is 0.600. The van der Waals surface area contributed by atoms with Gasteiger partial charge in [-0.3, -0.25) is 4.90 Å². The van der Waals surface area contributed by atoms with E-state index < -0.39 is 0 Å². The predicted molar refractivity (Wildman–Crippen MR) is 76.9 cm³/mol. The Bertz CT molecular complexity index is 365. The molecular formula is C15H26N2O. The van der Waals surface area contributed by atoms with Crippen LogP contribution in [0.4, 0.5) is 0 Å². The molecule has 0 aliphatic rings. The lowest BCUT2D eigenvalue weighted by molar-refractivity contribution is 0.158. The highest BCUT2D eigenvalue weighted by molar-refractivity contribution is 5.36. The number of likely N-dealkylation sites (N-methyl/N-ethyl adjacent to an activating group) is 1. The van der Waals surface area contributed by atoms with Gasteiger partial charge in [0.1, 0.15) is 5.75 Å². The van der Waals surface area contributed by atoms with E-state index >= 15 is 0 Å². The highest BCUT2D eigenvalue weighted by Gasteiger charge is 2.26. The van der Waals surface area contributed by atoms with Crippen molar-refractivity contribution in [1.29, 1.82) is 0 Å². The molecule has 0 heterocycles. The number of para-hydroxylation sites is 1. The van der Waals surface area contributed by atoms with Gasteiger partial charge in [0.15, 0.2) is 0 Å². The van der Waals surface area contributed by atoms with E-state index in [1.54, 1.807) is 7.11 Å². The van der Waals surface area contributed by atoms with Crippen LogP contribution in [0.3, 0.4) is 0 Å². The van der Waals surface area contributed by atoms with E-state index in [1.165, 1.54) is 0 Å². The molecule has 0 saturated carbocycles. The number of hydrogen-bond donors (Lipinski definition) is 1. The molecule has 0 saturated heterocycles. The first-order chi connectivity index (χ1) is 8.52. The standard InChI is InChI=1S/C15H26N2O/c1-6-11(2)17(4)15(12(3)16)13-9-7-8-10-14(13)18-5/h7-12,15H,6,16H2,1-5H3. The van der Waals surface area contributed by atoms with Crippen LogP contribution in [-0.4, -0.2) is 31.1 Å². The first kappa shape index (κ1) is 15.0. The predicted octanol–water partition coefficient (Wildman–Crippen LogP) is 2.81. The second-order valence-corrected chi connectivity index (χ2v) is 4.97. The van der Waals surface area contributed by atoms with Crippen molar-refractivity contribution in [2.45, 2.75) is 45.3 Å². The molecule has 3 heteroatoms. The summed E-state index contributed by atoms with van der Waals surface area (Å²) >= 11 is 0. The Labute approximate surface area is 111 Å². The van der Waals surface area contributed by atoms with Crippen molar-refractivity contribution in [1.82, 2.24) is 4.90 Å². The summed E-state index contributed by atoms with van der Waals surface area (Å²) in [6.07, 6.45) is 1.11. The molecule has 102 valence electrons. The van der Waals surface area contributed by atoms with Gasteiger partial charge in [0, 0.05) is 17.6 Å². The number of nitrogens with zero attached hydrogens (tertiary/aromatic N) is 1. The maximum Gasteiger partial charge on any atom is 0.123 e. The highest BCUT2D eigenvalue weighted by atomic mass is 16.5. The van der Waals surface area contributed by atoms with Crippen molar-refractivity contribution in [2.75, 3.05) is 14.2 Å². The average molecular weight is 250 g/mol. The van der Waals surface area contributed by atoms with E-state index in [0.717, 1.165) is 17.7 Å². The number of rotatable bonds is 6. The Morgan fingerprint density at radius 2 is 1.89 bits per heavy atom. The van der Waals surface area contributed by atoms with Gasteiger partial charge in [0.2, 0.25) is 0 Å². The van der Waals surface area contributed by atoms with Gasteiger partial charge in [-0.25, -0.2) is 0 Å². The fourth-order valence-corrected chi connectivity index (χ4v) is 2.35. The minimum Gasteiger partial charge on any atom is -0.496 e. The molecular weight excluding hydrogens is 224 g/mol. The smallest absolute Gasteiger partial charge is 0.123 e. The van der Waals surface area contributed by atoms with Gasteiger partial charge in [0.25, 0.3) is 0 Å². The molecule has 2 N–H and O–H groups in total. The van der Waals surface area contributed by atoms with Crippen LogP contribution < -0.4 is 10.5 Å². The Kier molecular flexibility index (Phi) is 5.63. The van der Waals surface area contributed by atoms with Gasteiger partial charge in [-0.2, -0.15) is 0 Å². The third kappa shape index (κ3) is 3.24. The summed E-state index contributed by atoms with van der Waals surface area (Å²) < 4.78 is 5.46. The zero-order valence-corrected chi connectivity index (χ0v) is 12.2. The largest absolute Gasteiger partial charge is 0.496 e. The summed E-state index contributed by atoms with van der Waals surface area (Å²) in [5.41, 5.74) is 7.35. The highest BCUT2D eigenvalue weighted by Crippen LogP contribution is 2.31. The van der Waals surface area contributed by atoms with E-state index in [2.05, 4.69) is 38.8 Å². The van der Waals surface area contributed by atoms with Crippen molar-refractivity contribution >= 4 is 0 Å². The zero-order valence-electron chi connectivity index (χ0n) is 12.2. The number of nitrogens with two attached hydrogens (primary N) is 1. The first-order valence-electron chi connectivity index (χ1n) is 6.63. The Hall–Kier alpha value is -1.06. The molecule has 0 spiro atoms. The quantitative estimate of drug-likeness (QED) is 0.843. The van der Waals surface area contributed by atoms with Crippen LogP contribution in [0.5, 0.6) is 5.75 Å². The van der Waals surface area contributed by atoms with E-state index in [0.29, 0.717) is 6.04 Å². The SMILES string of the molecule is CCC(C)N(C)C(c1ccccc1OC)C(C)N. The third-order valence-electron chi connectivity index (χ3n) is 3.68. The van der Waals surface area contributed by atoms with Crippen molar-refractivity contribution in [2.24, 2.45) is 5.73 Å². The van der Waals surface area contributed by atoms with E-state index in [9.17, 15) is 0 Å². The average Bonchev–Trinajstić information content (AvgIpc) is 2.38. The summed E-state index contributed by atoms with van der Waals surface area (Å²) in [5, 5.41) is 0. The lowest BCUT2D eigenvalue weighted by atomic mass is 9.97. The molecule has 0 aliphatic carbocycles. The zero-order chi connectivity index (χ0) is 13.7. The third-order valence-corrected chi connectivity index (χ3v) is 3.68. The summed E-state index contributed by atoms with van der Waals surface area (Å²) in [4.78, 5) is 2.34. The summed E-state index contributed by atoms with van der Waals surface area (Å²) in [5.74, 6) is 0.912. The van der Waals surface area contributed by atoms with Crippen molar-refractivity contribution in [3.63, 3.8) is 0 Å². The normalized spacial score (nSPS) is 16.4. The molecule has 3 nitrogen and oxygen atoms in total. The van der Waals surface area contributed by atoms with Crippen molar-refractivity contribution in [3.8, 4) is 5.75 Å². The lowest BCUT2D eigenvalue weighted by Crippen LogP contribution is -2.41. The van der Waals surface area contributed by atoms with Gasteiger partial charge in [-0.15, -0.1) is 0 Å². The molecule has 0 bridgehead atoms. The van der Waals surface area contributed by atoms with Gasteiger partial charge < -0.3 is 10.5 Å². The molecule has 1 aromatic carbocycles. The number of methoxy groups -OCH3 is 1. The Morgan fingerprint density at radius 3 is 2.39 bits per heavy atom. The summed E-state index contributed by atoms with van der Waals surface area (Å²) in [6, 6.07) is 8.85. The maximum atomic E-state index is 6.19. The van der Waals surface area contributed by atoms with E-state index in [-0.39, 0.29) is 12.1 Å². The minimum atomic E-state index is 0.0558. The van der Waals surface area contributed by atoms with E-state index in [1.807, 2.05) is 18.2 Å². The number of benzene rings is 1. The Morgan fingerprint density at radius 1 is 1.28 bits per heavy atom. The van der Waals surface area contributed by atoms with Gasteiger partial charge >= 0.3 is 0 Å². The van der Waals surface area contributed by atoms with Crippen molar-refractivity contribution < 1.29 is 4.74 Å². The van der Waals surface area contributed by atoms with Crippen LogP contribution in [0, 0.1) is 0 Å². The van der Waals surface area contributed by atoms with Gasteiger partial charge in [-0.05, 0) is 33.4 Å². The molecule has 3 atom stereocenters. The summed E-state index contributed by atoms with van der Waals surface area (Å²) in [7, 11) is 3.84. The van der Waals surface area contributed by atoms with Gasteiger partial charge in [-0.1, -0.05) is 25.1 Å². The van der Waals surface area contributed by atoms with Gasteiger partial charge in [0.05, 0.1) is 13.2 Å². The van der Waals surface area contributed by atoms with Crippen LogP contribution in [0.1, 0.15) is 38.8 Å². The first-order valence-corrected chi connectivity index (χ1v) is 6.63. The molecule has 0 amide bonds. The molecule has 0 radical (unpaired) electrons. The monoisotopic (exact) mass is 250 g/mol. The molecule has 0 aliphatic heterocycles. The number of hydrogen-bond acceptors (Lipinski definition) is 3. The minimum absolute atomic E-state index is 0.0558. The molecule has 0 aromatic heterocycles. The van der Waals surface area contributed by atoms with Crippen LogP contribution >= 0.6 is 0 Å². The molecule has 18 heavy (non-hydrogen) atoms. The molecule has 1 aromatic rings. The van der Waals surface area contributed by atoms with Crippen LogP contribution in [-0.2, 0) is 0 Å². The van der Waals surface area contributed by atoms with E-state index in [4.69, 9.17) is 10.5 Å². The van der Waals surface area contributed by atoms with Crippen molar-refractivity contribution in [3.05, 3.63) is 29.8 Å². The second-order valence-electron chi connectivity index (χ2n) is 4.97.